The van der Waals surface area contributed by atoms with Gasteiger partial charge in [0.05, 0.1) is 0 Å². The maximum absolute atomic E-state index is 9.09. The van der Waals surface area contributed by atoms with E-state index in [9.17, 15) is 0 Å². The van der Waals surface area contributed by atoms with Crippen molar-refractivity contribution in [2.75, 3.05) is 0 Å². The van der Waals surface area contributed by atoms with Crippen molar-refractivity contribution in [3.05, 3.63) is 12.3 Å². The van der Waals surface area contributed by atoms with Crippen LogP contribution in [0.1, 0.15) is 13.8 Å². The van der Waals surface area contributed by atoms with Gasteiger partial charge in [-0.3, -0.25) is 10.8 Å². The molecule has 0 aliphatic carbocycles. The van der Waals surface area contributed by atoms with E-state index in [1.54, 1.807) is 18.5 Å². The first-order chi connectivity index (χ1) is 5.22. The molecule has 0 aliphatic heterocycles. The molecule has 0 saturated heterocycles. The van der Waals surface area contributed by atoms with Crippen LogP contribution in [0, 0.1) is 5.92 Å². The second kappa shape index (κ2) is 6.03. The van der Waals surface area contributed by atoms with Gasteiger partial charge in [-0.05, 0) is 6.92 Å². The minimum absolute atomic E-state index is 0.0382. The Hall–Kier alpha value is -0.710. The SMILES string of the molecule is C/C=N\C=C/C(C)C(O)NN. The molecular weight excluding hydrogens is 142 g/mol. The summed E-state index contributed by atoms with van der Waals surface area (Å²) < 4.78 is 0. The number of rotatable bonds is 4. The molecule has 2 unspecified atom stereocenters. The smallest absolute Gasteiger partial charge is 0.123 e. The molecular formula is C7H15N3O. The van der Waals surface area contributed by atoms with Crippen LogP contribution in [-0.2, 0) is 0 Å². The number of aliphatic imine (C=N–C) groups is 1. The first-order valence-corrected chi connectivity index (χ1v) is 3.51. The van der Waals surface area contributed by atoms with Crippen LogP contribution >= 0.6 is 0 Å². The molecule has 4 heteroatoms. The number of nitrogens with one attached hydrogen (secondary N) is 1. The van der Waals surface area contributed by atoms with E-state index in [0.717, 1.165) is 0 Å². The van der Waals surface area contributed by atoms with Gasteiger partial charge in [-0.25, -0.2) is 5.43 Å². The fraction of sp³-hybridized carbons (Fsp3) is 0.571. The van der Waals surface area contributed by atoms with Crippen LogP contribution in [0.3, 0.4) is 0 Å². The van der Waals surface area contributed by atoms with Gasteiger partial charge < -0.3 is 5.11 Å². The van der Waals surface area contributed by atoms with E-state index in [4.69, 9.17) is 10.9 Å². The van der Waals surface area contributed by atoms with Crippen molar-refractivity contribution in [3.8, 4) is 0 Å². The van der Waals surface area contributed by atoms with Crippen molar-refractivity contribution in [3.63, 3.8) is 0 Å². The summed E-state index contributed by atoms with van der Waals surface area (Å²) >= 11 is 0. The largest absolute Gasteiger partial charge is 0.377 e. The van der Waals surface area contributed by atoms with Gasteiger partial charge in [-0.1, -0.05) is 13.0 Å². The first kappa shape index (κ1) is 10.3. The summed E-state index contributed by atoms with van der Waals surface area (Å²) in [5.74, 6) is 4.97. The van der Waals surface area contributed by atoms with Crippen molar-refractivity contribution < 1.29 is 5.11 Å². The maximum atomic E-state index is 9.09. The zero-order valence-corrected chi connectivity index (χ0v) is 6.86. The molecule has 0 aromatic rings. The second-order valence-corrected chi connectivity index (χ2v) is 2.22. The first-order valence-electron chi connectivity index (χ1n) is 3.51. The molecule has 0 aliphatic rings. The third kappa shape index (κ3) is 4.66. The molecule has 11 heavy (non-hydrogen) atoms. The van der Waals surface area contributed by atoms with E-state index in [2.05, 4.69) is 10.4 Å². The van der Waals surface area contributed by atoms with Crippen LogP contribution in [0.2, 0.25) is 0 Å². The van der Waals surface area contributed by atoms with Gasteiger partial charge in [0.25, 0.3) is 0 Å². The van der Waals surface area contributed by atoms with E-state index >= 15 is 0 Å². The highest BCUT2D eigenvalue weighted by Gasteiger charge is 2.06. The lowest BCUT2D eigenvalue weighted by Gasteiger charge is -2.12. The van der Waals surface area contributed by atoms with Crippen molar-refractivity contribution in [2.24, 2.45) is 16.8 Å². The van der Waals surface area contributed by atoms with Gasteiger partial charge in [0.1, 0.15) is 6.23 Å². The Balaban J connectivity index is 3.75. The minimum atomic E-state index is -0.710. The summed E-state index contributed by atoms with van der Waals surface area (Å²) in [6.45, 7) is 3.67. The summed E-state index contributed by atoms with van der Waals surface area (Å²) in [7, 11) is 0. The van der Waals surface area contributed by atoms with Crippen LogP contribution in [0.15, 0.2) is 17.3 Å². The summed E-state index contributed by atoms with van der Waals surface area (Å²) in [6, 6.07) is 0. The predicted molar refractivity (Wildman–Crippen MR) is 45.8 cm³/mol. The highest BCUT2D eigenvalue weighted by Crippen LogP contribution is 2.00. The standard InChI is InChI=1S/C7H15N3O/c1-3-9-5-4-6(2)7(11)10-8/h3-7,10-11H,8H2,1-2H3/b5-4-,9-3-. The highest BCUT2D eigenvalue weighted by molar-refractivity contribution is 5.54. The zero-order chi connectivity index (χ0) is 8.69. The minimum Gasteiger partial charge on any atom is -0.377 e. The van der Waals surface area contributed by atoms with E-state index in [0.29, 0.717) is 0 Å². The normalized spacial score (nSPS) is 17.8. The summed E-state index contributed by atoms with van der Waals surface area (Å²) in [4.78, 5) is 3.84. The molecule has 0 bridgehead atoms. The van der Waals surface area contributed by atoms with E-state index in [-0.39, 0.29) is 5.92 Å². The highest BCUT2D eigenvalue weighted by atomic mass is 16.3. The lowest BCUT2D eigenvalue weighted by Crippen LogP contribution is -2.38. The Morgan fingerprint density at radius 1 is 1.64 bits per heavy atom. The van der Waals surface area contributed by atoms with Crippen LogP contribution in [0.25, 0.3) is 0 Å². The van der Waals surface area contributed by atoms with Crippen molar-refractivity contribution in [2.45, 2.75) is 20.1 Å². The third-order valence-corrected chi connectivity index (χ3v) is 1.29. The molecule has 0 amide bonds. The Morgan fingerprint density at radius 2 is 2.27 bits per heavy atom. The van der Waals surface area contributed by atoms with Crippen molar-refractivity contribution in [1.29, 1.82) is 0 Å². The Kier molecular flexibility index (Phi) is 5.64. The second-order valence-electron chi connectivity index (χ2n) is 2.22. The maximum Gasteiger partial charge on any atom is 0.123 e. The Labute approximate surface area is 66.8 Å². The monoisotopic (exact) mass is 157 g/mol. The van der Waals surface area contributed by atoms with E-state index < -0.39 is 6.23 Å². The molecule has 0 rings (SSSR count). The number of aliphatic hydroxyl groups excluding tert-OH is 1. The fourth-order valence-corrected chi connectivity index (χ4v) is 0.529. The summed E-state index contributed by atoms with van der Waals surface area (Å²) in [5.41, 5.74) is 2.24. The van der Waals surface area contributed by atoms with Gasteiger partial charge in [0, 0.05) is 18.3 Å². The lowest BCUT2D eigenvalue weighted by molar-refractivity contribution is 0.103. The number of aliphatic hydroxyl groups is 1. The molecule has 0 radical (unpaired) electrons. The van der Waals surface area contributed by atoms with Gasteiger partial charge in [0.15, 0.2) is 0 Å². The molecule has 0 saturated carbocycles. The lowest BCUT2D eigenvalue weighted by atomic mass is 10.1. The number of nitrogens with zero attached hydrogens (tertiary/aromatic N) is 1. The van der Waals surface area contributed by atoms with Crippen LogP contribution in [-0.4, -0.2) is 17.5 Å². The molecule has 2 atom stereocenters. The third-order valence-electron chi connectivity index (χ3n) is 1.29. The average Bonchev–Trinajstić information content (AvgIpc) is 2.03. The quantitative estimate of drug-likeness (QED) is 0.233. The molecule has 0 fully saturated rings. The van der Waals surface area contributed by atoms with Gasteiger partial charge in [-0.15, -0.1) is 0 Å². The molecule has 4 N–H and O–H groups in total. The molecule has 0 aromatic carbocycles. The predicted octanol–water partition coefficient (Wildman–Crippen LogP) is 0.00860. The Morgan fingerprint density at radius 3 is 2.73 bits per heavy atom. The van der Waals surface area contributed by atoms with Gasteiger partial charge in [0.2, 0.25) is 0 Å². The van der Waals surface area contributed by atoms with Gasteiger partial charge in [-0.2, -0.15) is 0 Å². The molecule has 0 heterocycles. The van der Waals surface area contributed by atoms with Crippen LogP contribution < -0.4 is 11.3 Å². The van der Waals surface area contributed by atoms with Gasteiger partial charge >= 0.3 is 0 Å². The molecule has 64 valence electrons. The molecule has 4 nitrogen and oxygen atoms in total. The van der Waals surface area contributed by atoms with Crippen molar-refractivity contribution in [1.82, 2.24) is 5.43 Å². The number of hydrogen-bond acceptors (Lipinski definition) is 4. The van der Waals surface area contributed by atoms with E-state index in [1.807, 2.05) is 13.8 Å². The number of hydrazine groups is 1. The summed E-state index contributed by atoms with van der Waals surface area (Å²) in [5, 5.41) is 9.09. The average molecular weight is 157 g/mol. The van der Waals surface area contributed by atoms with Crippen LogP contribution in [0.5, 0.6) is 0 Å². The van der Waals surface area contributed by atoms with E-state index in [1.165, 1.54) is 0 Å². The zero-order valence-electron chi connectivity index (χ0n) is 6.86. The molecule has 0 spiro atoms. The van der Waals surface area contributed by atoms with Crippen molar-refractivity contribution >= 4 is 6.21 Å². The number of nitrogens with two attached hydrogens (primary N) is 1. The molecule has 0 aromatic heterocycles. The van der Waals surface area contributed by atoms with Crippen LogP contribution in [0.4, 0.5) is 0 Å². The number of hydrogen-bond donors (Lipinski definition) is 3. The topological polar surface area (TPSA) is 70.6 Å². The fourth-order valence-electron chi connectivity index (χ4n) is 0.529. The summed E-state index contributed by atoms with van der Waals surface area (Å²) in [6.07, 6.45) is 4.36. The Bertz CT molecular complexity index is 145.